The van der Waals surface area contributed by atoms with Crippen molar-refractivity contribution in [1.82, 2.24) is 16.0 Å². The zero-order valence-corrected chi connectivity index (χ0v) is 20.8. The summed E-state index contributed by atoms with van der Waals surface area (Å²) in [5.74, 6) is -1.91. The number of non-ortho nitro benzene ring substituents is 1. The maximum absolute atomic E-state index is 12.8. The van der Waals surface area contributed by atoms with Gasteiger partial charge in [-0.2, -0.15) is 0 Å². The van der Waals surface area contributed by atoms with Crippen LogP contribution in [-0.2, 0) is 19.1 Å². The molecule has 1 aromatic carbocycles. The van der Waals surface area contributed by atoms with Gasteiger partial charge in [-0.3, -0.25) is 29.5 Å². The molecule has 15 nitrogen and oxygen atoms in total. The average molecular weight is 523 g/mol. The third-order valence-electron chi connectivity index (χ3n) is 5.01. The summed E-state index contributed by atoms with van der Waals surface area (Å²) in [6.07, 6.45) is 1.55. The summed E-state index contributed by atoms with van der Waals surface area (Å²) in [4.78, 5) is 63.4. The van der Waals surface area contributed by atoms with Crippen LogP contribution in [0.3, 0.4) is 0 Å². The molecule has 0 aliphatic heterocycles. The van der Waals surface area contributed by atoms with Gasteiger partial charge >= 0.3 is 6.09 Å². The molecular formula is C22H34N8O7. The first-order valence-corrected chi connectivity index (χ1v) is 11.6. The van der Waals surface area contributed by atoms with E-state index in [1.54, 1.807) is 0 Å². The highest BCUT2D eigenvalue weighted by Gasteiger charge is 2.24. The van der Waals surface area contributed by atoms with E-state index in [1.165, 1.54) is 31.4 Å². The predicted octanol–water partition coefficient (Wildman–Crippen LogP) is 0.103. The van der Waals surface area contributed by atoms with E-state index < -0.39 is 47.4 Å². The van der Waals surface area contributed by atoms with Crippen molar-refractivity contribution in [3.63, 3.8) is 0 Å². The van der Waals surface area contributed by atoms with Crippen LogP contribution in [0, 0.1) is 10.1 Å². The Bertz CT molecular complexity index is 964. The van der Waals surface area contributed by atoms with Crippen molar-refractivity contribution in [2.75, 3.05) is 25.5 Å². The number of aliphatic imine (C=N–C) groups is 1. The summed E-state index contributed by atoms with van der Waals surface area (Å²) in [6, 6.07) is 3.28. The minimum atomic E-state index is -1.02. The lowest BCUT2D eigenvalue weighted by atomic mass is 10.1. The number of carbonyl (C=O) groups is 4. The molecule has 0 aliphatic carbocycles. The molecule has 1 aromatic rings. The highest BCUT2D eigenvalue weighted by atomic mass is 16.6. The summed E-state index contributed by atoms with van der Waals surface area (Å²) < 4.78 is 4.53. The number of ether oxygens (including phenoxy) is 1. The minimum absolute atomic E-state index is 0.114. The molecular weight excluding hydrogens is 488 g/mol. The number of carbonyl (C=O) groups excluding carboxylic acids is 4. The van der Waals surface area contributed by atoms with Crippen molar-refractivity contribution >= 4 is 41.1 Å². The number of amides is 4. The quantitative estimate of drug-likeness (QED) is 0.0601. The Balaban J connectivity index is 2.80. The number of unbranched alkanes of at least 4 members (excludes halogenated alkanes) is 1. The van der Waals surface area contributed by atoms with Gasteiger partial charge in [0, 0.05) is 24.4 Å². The number of rotatable bonds is 15. The molecule has 4 amide bonds. The molecule has 0 saturated heterocycles. The van der Waals surface area contributed by atoms with Crippen molar-refractivity contribution in [2.24, 2.45) is 16.5 Å². The first kappa shape index (κ1) is 30.6. The Morgan fingerprint density at radius 2 is 1.65 bits per heavy atom. The number of hydrogen-bond acceptors (Lipinski definition) is 8. The van der Waals surface area contributed by atoms with E-state index in [0.717, 1.165) is 6.42 Å². The number of nitro benzene ring substituents is 1. The Labute approximate surface area is 213 Å². The largest absolute Gasteiger partial charge is 0.453 e. The number of anilines is 1. The third kappa shape index (κ3) is 12.2. The molecule has 1 rings (SSSR count). The van der Waals surface area contributed by atoms with E-state index in [-0.39, 0.29) is 24.6 Å². The Hall–Kier alpha value is -4.43. The second kappa shape index (κ2) is 16.3. The number of nitrogens with zero attached hydrogens (tertiary/aromatic N) is 2. The molecule has 0 fully saturated rings. The fourth-order valence-corrected chi connectivity index (χ4v) is 3.08. The maximum Gasteiger partial charge on any atom is 0.407 e. The van der Waals surface area contributed by atoms with E-state index in [4.69, 9.17) is 11.5 Å². The minimum Gasteiger partial charge on any atom is -0.453 e. The van der Waals surface area contributed by atoms with Crippen LogP contribution < -0.4 is 32.7 Å². The standard InChI is InChI=1S/C22H34N8O7/c1-3-4-6-16(29-22(34)37-2)19(32)26-13-18(31)28-17(7-5-12-25-21(23)24)20(33)27-14-8-10-15(11-9-14)30(35)36/h8-11,16-17H,3-7,12-13H2,1-2H3,(H,26,32)(H,27,33)(H,28,31)(H,29,34)(H4,23,24,25)/t16-,17-/m0/s1. The average Bonchev–Trinajstić information content (AvgIpc) is 2.86. The van der Waals surface area contributed by atoms with Gasteiger partial charge in [0.2, 0.25) is 17.7 Å². The van der Waals surface area contributed by atoms with E-state index >= 15 is 0 Å². The highest BCUT2D eigenvalue weighted by molar-refractivity contribution is 5.98. The van der Waals surface area contributed by atoms with Gasteiger partial charge in [-0.05, 0) is 31.4 Å². The van der Waals surface area contributed by atoms with Crippen LogP contribution in [0.2, 0.25) is 0 Å². The number of benzene rings is 1. The van der Waals surface area contributed by atoms with Gasteiger partial charge in [0.05, 0.1) is 18.6 Å². The molecule has 0 bridgehead atoms. The monoisotopic (exact) mass is 522 g/mol. The molecule has 37 heavy (non-hydrogen) atoms. The summed E-state index contributed by atoms with van der Waals surface area (Å²) in [5, 5.41) is 20.8. The predicted molar refractivity (Wildman–Crippen MR) is 135 cm³/mol. The Kier molecular flexibility index (Phi) is 13.5. The number of methoxy groups -OCH3 is 1. The number of nitro groups is 1. The van der Waals surface area contributed by atoms with Crippen LogP contribution >= 0.6 is 0 Å². The highest BCUT2D eigenvalue weighted by Crippen LogP contribution is 2.16. The molecule has 15 heteroatoms. The normalized spacial score (nSPS) is 11.8. The number of nitrogens with two attached hydrogens (primary N) is 2. The molecule has 0 radical (unpaired) electrons. The fraction of sp³-hybridized carbons (Fsp3) is 0.500. The van der Waals surface area contributed by atoms with Gasteiger partial charge < -0.3 is 37.5 Å². The Morgan fingerprint density at radius 3 is 2.22 bits per heavy atom. The van der Waals surface area contributed by atoms with Crippen molar-refractivity contribution in [3.8, 4) is 0 Å². The lowest BCUT2D eigenvalue weighted by Gasteiger charge is -2.20. The second-order valence-electron chi connectivity index (χ2n) is 7.91. The summed E-state index contributed by atoms with van der Waals surface area (Å²) >= 11 is 0. The van der Waals surface area contributed by atoms with Crippen LogP contribution in [0.25, 0.3) is 0 Å². The second-order valence-corrected chi connectivity index (χ2v) is 7.91. The lowest BCUT2D eigenvalue weighted by Crippen LogP contribution is -2.51. The number of alkyl carbamates (subject to hydrolysis) is 1. The zero-order chi connectivity index (χ0) is 27.8. The third-order valence-corrected chi connectivity index (χ3v) is 5.01. The van der Waals surface area contributed by atoms with Gasteiger partial charge in [-0.25, -0.2) is 4.79 Å². The van der Waals surface area contributed by atoms with Crippen LogP contribution in [0.15, 0.2) is 29.3 Å². The number of hydrogen-bond donors (Lipinski definition) is 6. The van der Waals surface area contributed by atoms with E-state index in [1.807, 2.05) is 6.92 Å². The van der Waals surface area contributed by atoms with Gasteiger partial charge in [-0.1, -0.05) is 19.8 Å². The van der Waals surface area contributed by atoms with Crippen LogP contribution in [0.4, 0.5) is 16.2 Å². The number of guanidine groups is 1. The molecule has 0 heterocycles. The van der Waals surface area contributed by atoms with Crippen LogP contribution in [0.1, 0.15) is 39.0 Å². The SMILES string of the molecule is CCCC[C@H](NC(=O)OC)C(=O)NCC(=O)N[C@@H](CCCN=C(N)N)C(=O)Nc1ccc([N+](=O)[O-])cc1. The van der Waals surface area contributed by atoms with Crippen molar-refractivity contribution in [1.29, 1.82) is 0 Å². The van der Waals surface area contributed by atoms with Gasteiger partial charge in [0.1, 0.15) is 12.1 Å². The smallest absolute Gasteiger partial charge is 0.407 e. The summed E-state index contributed by atoms with van der Waals surface area (Å²) in [7, 11) is 1.17. The summed E-state index contributed by atoms with van der Waals surface area (Å²) in [6.45, 7) is 1.70. The van der Waals surface area contributed by atoms with E-state index in [9.17, 15) is 29.3 Å². The van der Waals surface area contributed by atoms with Gasteiger partial charge in [-0.15, -0.1) is 0 Å². The molecule has 0 spiro atoms. The van der Waals surface area contributed by atoms with Gasteiger partial charge in [0.25, 0.3) is 5.69 Å². The first-order chi connectivity index (χ1) is 17.6. The van der Waals surface area contributed by atoms with Crippen molar-refractivity contribution < 1.29 is 28.8 Å². The molecule has 0 aliphatic rings. The van der Waals surface area contributed by atoms with E-state index in [0.29, 0.717) is 24.9 Å². The Morgan fingerprint density at radius 1 is 1.03 bits per heavy atom. The summed E-state index contributed by atoms with van der Waals surface area (Å²) in [5.41, 5.74) is 10.8. The molecule has 0 aromatic heterocycles. The molecule has 204 valence electrons. The molecule has 2 atom stereocenters. The van der Waals surface area contributed by atoms with Crippen LogP contribution in [0.5, 0.6) is 0 Å². The fourth-order valence-electron chi connectivity index (χ4n) is 3.08. The molecule has 8 N–H and O–H groups in total. The van der Waals surface area contributed by atoms with Crippen molar-refractivity contribution in [3.05, 3.63) is 34.4 Å². The lowest BCUT2D eigenvalue weighted by molar-refractivity contribution is -0.384. The molecule has 0 unspecified atom stereocenters. The van der Waals surface area contributed by atoms with Crippen LogP contribution in [-0.4, -0.2) is 67.0 Å². The molecule has 0 saturated carbocycles. The maximum atomic E-state index is 12.8. The van der Waals surface area contributed by atoms with E-state index in [2.05, 4.69) is 31.0 Å². The first-order valence-electron chi connectivity index (χ1n) is 11.6. The zero-order valence-electron chi connectivity index (χ0n) is 20.8. The van der Waals surface area contributed by atoms with Gasteiger partial charge in [0.15, 0.2) is 5.96 Å². The number of nitrogens with one attached hydrogen (secondary N) is 4. The topological polar surface area (TPSA) is 233 Å². The van der Waals surface area contributed by atoms with Crippen molar-refractivity contribution in [2.45, 2.75) is 51.1 Å².